The summed E-state index contributed by atoms with van der Waals surface area (Å²) in [6.45, 7) is 7.01. The minimum Gasteiger partial charge on any atom is -0.409 e. The van der Waals surface area contributed by atoms with Crippen molar-refractivity contribution in [3.05, 3.63) is 0 Å². The number of thioether (sulfide) groups is 1. The van der Waals surface area contributed by atoms with Gasteiger partial charge in [0, 0.05) is 24.8 Å². The van der Waals surface area contributed by atoms with Crippen LogP contribution in [0, 0.1) is 5.92 Å². The molecule has 0 fully saturated rings. The lowest BCUT2D eigenvalue weighted by molar-refractivity contribution is 0.278. The van der Waals surface area contributed by atoms with Crippen LogP contribution in [0.1, 0.15) is 13.8 Å². The SMILES string of the molecule is CCN(CCSC)CC(C)C(N)=NO. The van der Waals surface area contributed by atoms with Gasteiger partial charge in [-0.05, 0) is 12.8 Å². The van der Waals surface area contributed by atoms with Crippen molar-refractivity contribution in [3.8, 4) is 0 Å². The van der Waals surface area contributed by atoms with Crippen molar-refractivity contribution in [1.82, 2.24) is 4.90 Å². The third-order valence-electron chi connectivity index (χ3n) is 2.21. The quantitative estimate of drug-likeness (QED) is 0.291. The smallest absolute Gasteiger partial charge is 0.143 e. The largest absolute Gasteiger partial charge is 0.409 e. The summed E-state index contributed by atoms with van der Waals surface area (Å²) in [5.74, 6) is 1.55. The van der Waals surface area contributed by atoms with Gasteiger partial charge in [0.15, 0.2) is 0 Å². The summed E-state index contributed by atoms with van der Waals surface area (Å²) < 4.78 is 0. The molecule has 84 valence electrons. The van der Waals surface area contributed by atoms with Gasteiger partial charge in [0.05, 0.1) is 0 Å². The Morgan fingerprint density at radius 2 is 2.29 bits per heavy atom. The van der Waals surface area contributed by atoms with Gasteiger partial charge in [-0.25, -0.2) is 0 Å². The first kappa shape index (κ1) is 13.6. The highest BCUT2D eigenvalue weighted by molar-refractivity contribution is 7.98. The van der Waals surface area contributed by atoms with E-state index in [2.05, 4.69) is 23.2 Å². The predicted octanol–water partition coefficient (Wildman–Crippen LogP) is 1.05. The van der Waals surface area contributed by atoms with Gasteiger partial charge in [0.2, 0.25) is 0 Å². The van der Waals surface area contributed by atoms with Crippen molar-refractivity contribution in [3.63, 3.8) is 0 Å². The van der Waals surface area contributed by atoms with Crippen LogP contribution in [0.2, 0.25) is 0 Å². The van der Waals surface area contributed by atoms with Crippen LogP contribution in [0.4, 0.5) is 0 Å². The van der Waals surface area contributed by atoms with Crippen molar-refractivity contribution in [2.75, 3.05) is 31.6 Å². The monoisotopic (exact) mass is 219 g/mol. The van der Waals surface area contributed by atoms with Crippen LogP contribution in [0.25, 0.3) is 0 Å². The first-order chi connectivity index (χ1) is 6.65. The van der Waals surface area contributed by atoms with E-state index < -0.39 is 0 Å². The van der Waals surface area contributed by atoms with Gasteiger partial charge in [0.1, 0.15) is 5.84 Å². The third kappa shape index (κ3) is 5.34. The normalized spacial score (nSPS) is 14.7. The van der Waals surface area contributed by atoms with Crippen LogP contribution >= 0.6 is 11.8 Å². The Balaban J connectivity index is 3.91. The van der Waals surface area contributed by atoms with E-state index in [1.165, 1.54) is 0 Å². The lowest BCUT2D eigenvalue weighted by atomic mass is 10.1. The van der Waals surface area contributed by atoms with Crippen molar-refractivity contribution in [1.29, 1.82) is 0 Å². The molecule has 0 bridgehead atoms. The highest BCUT2D eigenvalue weighted by atomic mass is 32.2. The van der Waals surface area contributed by atoms with E-state index in [1.54, 1.807) is 0 Å². The molecule has 3 N–H and O–H groups in total. The molecule has 0 aromatic carbocycles. The van der Waals surface area contributed by atoms with Crippen LogP contribution in [-0.4, -0.2) is 47.6 Å². The van der Waals surface area contributed by atoms with Crippen LogP contribution in [0.3, 0.4) is 0 Å². The van der Waals surface area contributed by atoms with E-state index in [0.29, 0.717) is 5.84 Å². The number of nitrogens with zero attached hydrogens (tertiary/aromatic N) is 2. The van der Waals surface area contributed by atoms with Crippen molar-refractivity contribution in [2.24, 2.45) is 16.8 Å². The summed E-state index contributed by atoms with van der Waals surface area (Å²) >= 11 is 1.83. The lowest BCUT2D eigenvalue weighted by Gasteiger charge is -2.23. The number of rotatable bonds is 7. The summed E-state index contributed by atoms with van der Waals surface area (Å²) in [6.07, 6.45) is 2.10. The molecule has 14 heavy (non-hydrogen) atoms. The van der Waals surface area contributed by atoms with Crippen molar-refractivity contribution < 1.29 is 5.21 Å². The topological polar surface area (TPSA) is 61.8 Å². The highest BCUT2D eigenvalue weighted by Gasteiger charge is 2.11. The number of oxime groups is 1. The molecule has 0 aromatic rings. The fourth-order valence-electron chi connectivity index (χ4n) is 1.18. The maximum absolute atomic E-state index is 8.51. The average Bonchev–Trinajstić information content (AvgIpc) is 2.22. The van der Waals surface area contributed by atoms with Gasteiger partial charge >= 0.3 is 0 Å². The molecule has 1 unspecified atom stereocenters. The van der Waals surface area contributed by atoms with Gasteiger partial charge in [-0.1, -0.05) is 19.0 Å². The molecule has 0 amide bonds. The summed E-state index contributed by atoms with van der Waals surface area (Å²) in [5, 5.41) is 11.5. The third-order valence-corrected chi connectivity index (χ3v) is 2.80. The Morgan fingerprint density at radius 1 is 1.64 bits per heavy atom. The van der Waals surface area contributed by atoms with E-state index in [-0.39, 0.29) is 5.92 Å². The Morgan fingerprint density at radius 3 is 2.71 bits per heavy atom. The zero-order valence-corrected chi connectivity index (χ0v) is 10.0. The van der Waals surface area contributed by atoms with Gasteiger partial charge in [-0.15, -0.1) is 0 Å². The molecule has 0 saturated heterocycles. The minimum atomic E-state index is 0.113. The Kier molecular flexibility index (Phi) is 7.70. The zero-order valence-electron chi connectivity index (χ0n) is 9.23. The minimum absolute atomic E-state index is 0.113. The average molecular weight is 219 g/mol. The van der Waals surface area contributed by atoms with Crippen LogP contribution in [-0.2, 0) is 0 Å². The molecule has 0 heterocycles. The molecular formula is C9H21N3OS. The summed E-state index contributed by atoms with van der Waals surface area (Å²) in [4.78, 5) is 2.30. The molecule has 1 atom stereocenters. The van der Waals surface area contributed by atoms with Gasteiger partial charge in [-0.2, -0.15) is 11.8 Å². The van der Waals surface area contributed by atoms with E-state index >= 15 is 0 Å². The van der Waals surface area contributed by atoms with E-state index in [4.69, 9.17) is 10.9 Å². The molecule has 0 rings (SSSR count). The fraction of sp³-hybridized carbons (Fsp3) is 0.889. The molecule has 0 saturated carbocycles. The molecule has 0 aliphatic heterocycles. The summed E-state index contributed by atoms with van der Waals surface area (Å²) in [5.41, 5.74) is 5.52. The Labute approximate surface area is 90.5 Å². The standard InChI is InChI=1S/C9H21N3OS/c1-4-12(5-6-14-3)7-8(2)9(10)11-13/h8,13H,4-7H2,1-3H3,(H2,10,11). The number of nitrogens with two attached hydrogens (primary N) is 1. The van der Waals surface area contributed by atoms with Crippen molar-refractivity contribution >= 4 is 17.6 Å². The van der Waals surface area contributed by atoms with Crippen LogP contribution < -0.4 is 5.73 Å². The molecule has 0 radical (unpaired) electrons. The maximum atomic E-state index is 8.51. The molecular weight excluding hydrogens is 198 g/mol. The van der Waals surface area contributed by atoms with E-state index in [9.17, 15) is 0 Å². The molecule has 4 nitrogen and oxygen atoms in total. The van der Waals surface area contributed by atoms with E-state index in [0.717, 1.165) is 25.4 Å². The second-order valence-corrected chi connectivity index (χ2v) is 4.30. The van der Waals surface area contributed by atoms with Gasteiger partial charge in [-0.3, -0.25) is 0 Å². The lowest BCUT2D eigenvalue weighted by Crippen LogP contribution is -2.36. The zero-order chi connectivity index (χ0) is 11.0. The summed E-state index contributed by atoms with van der Waals surface area (Å²) in [7, 11) is 0. The fourth-order valence-corrected chi connectivity index (χ4v) is 1.62. The number of amidine groups is 1. The number of hydrogen-bond donors (Lipinski definition) is 2. The van der Waals surface area contributed by atoms with Crippen LogP contribution in [0.5, 0.6) is 0 Å². The molecule has 0 aliphatic carbocycles. The second-order valence-electron chi connectivity index (χ2n) is 3.31. The predicted molar refractivity (Wildman–Crippen MR) is 63.1 cm³/mol. The van der Waals surface area contributed by atoms with Gasteiger partial charge in [0.25, 0.3) is 0 Å². The molecule has 0 aromatic heterocycles. The number of hydrogen-bond acceptors (Lipinski definition) is 4. The summed E-state index contributed by atoms with van der Waals surface area (Å²) in [6, 6.07) is 0. The van der Waals surface area contributed by atoms with Crippen LogP contribution in [0.15, 0.2) is 5.16 Å². The molecule has 0 aliphatic rings. The first-order valence-electron chi connectivity index (χ1n) is 4.84. The second kappa shape index (κ2) is 7.94. The molecule has 0 spiro atoms. The van der Waals surface area contributed by atoms with E-state index in [1.807, 2.05) is 18.7 Å². The van der Waals surface area contributed by atoms with Crippen molar-refractivity contribution in [2.45, 2.75) is 13.8 Å². The Bertz CT molecular complexity index is 175. The first-order valence-corrected chi connectivity index (χ1v) is 6.23. The molecule has 5 heteroatoms. The Hall–Kier alpha value is -0.420. The van der Waals surface area contributed by atoms with Gasteiger partial charge < -0.3 is 15.8 Å². The highest BCUT2D eigenvalue weighted by Crippen LogP contribution is 2.02. The maximum Gasteiger partial charge on any atom is 0.143 e.